The fourth-order valence-corrected chi connectivity index (χ4v) is 7.59. The van der Waals surface area contributed by atoms with E-state index in [1.807, 2.05) is 24.8 Å². The highest BCUT2D eigenvalue weighted by Crippen LogP contribution is 2.40. The van der Waals surface area contributed by atoms with Gasteiger partial charge in [0.2, 0.25) is 10.0 Å². The van der Waals surface area contributed by atoms with Gasteiger partial charge in [0.05, 0.1) is 25.1 Å². The summed E-state index contributed by atoms with van der Waals surface area (Å²) in [6.45, 7) is 2.10. The van der Waals surface area contributed by atoms with E-state index < -0.39 is 10.0 Å². The molecule has 34 heavy (non-hydrogen) atoms. The molecule has 1 aliphatic carbocycles. The molecule has 184 valence electrons. The summed E-state index contributed by atoms with van der Waals surface area (Å²) >= 11 is 0. The van der Waals surface area contributed by atoms with Crippen LogP contribution in [0.5, 0.6) is 0 Å². The minimum Gasteiger partial charge on any atom is -0.382 e. The Balaban J connectivity index is 1.22. The van der Waals surface area contributed by atoms with Crippen molar-refractivity contribution in [2.45, 2.75) is 50.5 Å². The number of nitrogens with zero attached hydrogens (tertiary/aromatic N) is 3. The SMILES string of the molecule is COCCOC1CCCN(S(=O)(=O)CC2CCC(c3cncc4cnc5[nH]ccc5c34)CC2)C1. The number of nitrogens with one attached hydrogen (secondary N) is 1. The molecule has 1 saturated carbocycles. The second-order valence-electron chi connectivity index (χ2n) is 9.67. The Hall–Kier alpha value is -2.07. The van der Waals surface area contributed by atoms with Crippen molar-refractivity contribution in [2.24, 2.45) is 5.92 Å². The molecular formula is C25H34N4O4S. The standard InChI is InChI=1S/C25H34N4O4S/c1-32-11-12-33-21-3-2-10-29(16-21)34(30,31)17-18-4-6-19(7-5-18)23-15-26-13-20-14-28-25-22(24(20)23)8-9-27-25/h8-9,13-15,18-19,21H,2-7,10-12,16-17H2,1H3,(H,27,28). The smallest absolute Gasteiger partial charge is 0.214 e. The molecule has 0 bridgehead atoms. The highest BCUT2D eigenvalue weighted by molar-refractivity contribution is 7.89. The molecule has 9 heteroatoms. The summed E-state index contributed by atoms with van der Waals surface area (Å²) in [6, 6.07) is 2.08. The van der Waals surface area contributed by atoms with Crippen LogP contribution in [0, 0.1) is 5.92 Å². The third kappa shape index (κ3) is 4.98. The van der Waals surface area contributed by atoms with Gasteiger partial charge in [0, 0.05) is 61.1 Å². The van der Waals surface area contributed by atoms with Gasteiger partial charge in [-0.3, -0.25) is 4.98 Å². The summed E-state index contributed by atoms with van der Waals surface area (Å²) in [5, 5.41) is 3.42. The summed E-state index contributed by atoms with van der Waals surface area (Å²) in [7, 11) is -1.64. The molecule has 3 aromatic rings. The Bertz CT molecular complexity index is 1220. The van der Waals surface area contributed by atoms with Crippen molar-refractivity contribution in [3.63, 3.8) is 0 Å². The molecule has 0 aromatic carbocycles. The molecule has 3 aromatic heterocycles. The van der Waals surface area contributed by atoms with Crippen molar-refractivity contribution < 1.29 is 17.9 Å². The number of sulfonamides is 1. The van der Waals surface area contributed by atoms with Gasteiger partial charge in [0.15, 0.2) is 0 Å². The van der Waals surface area contributed by atoms with Gasteiger partial charge >= 0.3 is 0 Å². The molecule has 2 aliphatic rings. The van der Waals surface area contributed by atoms with Crippen LogP contribution in [0.2, 0.25) is 0 Å². The van der Waals surface area contributed by atoms with E-state index in [-0.39, 0.29) is 17.8 Å². The molecule has 0 amide bonds. The lowest BCUT2D eigenvalue weighted by molar-refractivity contribution is -0.00658. The topological polar surface area (TPSA) is 97.4 Å². The van der Waals surface area contributed by atoms with Crippen molar-refractivity contribution in [1.29, 1.82) is 0 Å². The molecule has 1 aliphatic heterocycles. The van der Waals surface area contributed by atoms with E-state index in [9.17, 15) is 8.42 Å². The average molecular weight is 487 g/mol. The van der Waals surface area contributed by atoms with Gasteiger partial charge in [0.1, 0.15) is 5.65 Å². The fourth-order valence-electron chi connectivity index (χ4n) is 5.65. The van der Waals surface area contributed by atoms with Crippen LogP contribution in [-0.2, 0) is 19.5 Å². The number of ether oxygens (including phenoxy) is 2. The van der Waals surface area contributed by atoms with E-state index in [4.69, 9.17) is 9.47 Å². The van der Waals surface area contributed by atoms with Crippen LogP contribution in [0.4, 0.5) is 0 Å². The van der Waals surface area contributed by atoms with E-state index >= 15 is 0 Å². The maximum absolute atomic E-state index is 13.2. The molecule has 1 unspecified atom stereocenters. The molecule has 5 rings (SSSR count). The molecule has 1 saturated heterocycles. The normalized spacial score (nSPS) is 24.7. The van der Waals surface area contributed by atoms with Gasteiger partial charge < -0.3 is 14.5 Å². The van der Waals surface area contributed by atoms with Gasteiger partial charge in [-0.25, -0.2) is 13.4 Å². The molecule has 1 atom stereocenters. The van der Waals surface area contributed by atoms with Gasteiger partial charge in [-0.15, -0.1) is 0 Å². The first-order valence-corrected chi connectivity index (χ1v) is 13.9. The zero-order valence-electron chi connectivity index (χ0n) is 19.8. The fraction of sp³-hybridized carbons (Fsp3) is 0.600. The van der Waals surface area contributed by atoms with Gasteiger partial charge in [-0.05, 0) is 62.0 Å². The number of methoxy groups -OCH3 is 1. The van der Waals surface area contributed by atoms with E-state index in [0.717, 1.165) is 54.9 Å². The molecule has 8 nitrogen and oxygen atoms in total. The zero-order chi connectivity index (χ0) is 23.5. The predicted octanol–water partition coefficient (Wildman–Crippen LogP) is 3.84. The van der Waals surface area contributed by atoms with E-state index in [1.54, 1.807) is 11.4 Å². The van der Waals surface area contributed by atoms with Crippen LogP contribution >= 0.6 is 0 Å². The molecule has 0 radical (unpaired) electrons. The number of pyridine rings is 2. The minimum atomic E-state index is -3.29. The van der Waals surface area contributed by atoms with Crippen molar-refractivity contribution in [3.05, 3.63) is 36.4 Å². The van der Waals surface area contributed by atoms with Crippen molar-refractivity contribution in [3.8, 4) is 0 Å². The number of aromatic nitrogens is 3. The van der Waals surface area contributed by atoms with Crippen LogP contribution in [0.1, 0.15) is 50.0 Å². The maximum Gasteiger partial charge on any atom is 0.214 e. The summed E-state index contributed by atoms with van der Waals surface area (Å²) in [5.74, 6) is 0.835. The monoisotopic (exact) mass is 486 g/mol. The summed E-state index contributed by atoms with van der Waals surface area (Å²) in [5.41, 5.74) is 2.16. The number of aromatic amines is 1. The number of H-pyrrole nitrogens is 1. The number of rotatable bonds is 8. The van der Waals surface area contributed by atoms with Crippen LogP contribution in [0.3, 0.4) is 0 Å². The second-order valence-corrected chi connectivity index (χ2v) is 11.7. The van der Waals surface area contributed by atoms with Crippen LogP contribution < -0.4 is 0 Å². The Morgan fingerprint density at radius 3 is 2.79 bits per heavy atom. The Labute approximate surface area is 201 Å². The second kappa shape index (κ2) is 10.3. The lowest BCUT2D eigenvalue weighted by Crippen LogP contribution is -2.45. The van der Waals surface area contributed by atoms with Crippen molar-refractivity contribution in [1.82, 2.24) is 19.3 Å². The zero-order valence-corrected chi connectivity index (χ0v) is 20.6. The van der Waals surface area contributed by atoms with Crippen molar-refractivity contribution >= 4 is 31.8 Å². The highest BCUT2D eigenvalue weighted by Gasteiger charge is 2.33. The third-order valence-electron chi connectivity index (χ3n) is 7.44. The first-order chi connectivity index (χ1) is 16.5. The van der Waals surface area contributed by atoms with Crippen LogP contribution in [0.25, 0.3) is 21.8 Å². The van der Waals surface area contributed by atoms with Gasteiger partial charge in [0.25, 0.3) is 0 Å². The lowest BCUT2D eigenvalue weighted by atomic mass is 9.78. The van der Waals surface area contributed by atoms with E-state index in [0.29, 0.717) is 32.2 Å². The Morgan fingerprint density at radius 2 is 1.97 bits per heavy atom. The number of hydrogen-bond acceptors (Lipinski definition) is 6. The highest BCUT2D eigenvalue weighted by atomic mass is 32.2. The minimum absolute atomic E-state index is 0.0342. The van der Waals surface area contributed by atoms with Crippen molar-refractivity contribution in [2.75, 3.05) is 39.2 Å². The average Bonchev–Trinajstić information content (AvgIpc) is 3.34. The first-order valence-electron chi connectivity index (χ1n) is 12.3. The first kappa shape index (κ1) is 23.7. The van der Waals surface area contributed by atoms with E-state index in [2.05, 4.69) is 21.0 Å². The molecule has 4 heterocycles. The molecule has 2 fully saturated rings. The third-order valence-corrected chi connectivity index (χ3v) is 9.45. The quantitative estimate of drug-likeness (QED) is 0.486. The van der Waals surface area contributed by atoms with Crippen LogP contribution in [-0.4, -0.2) is 72.9 Å². The summed E-state index contributed by atoms with van der Waals surface area (Å²) in [4.78, 5) is 12.2. The maximum atomic E-state index is 13.2. The predicted molar refractivity (Wildman–Crippen MR) is 132 cm³/mol. The molecule has 0 spiro atoms. The van der Waals surface area contributed by atoms with E-state index in [1.165, 1.54) is 10.9 Å². The summed E-state index contributed by atoms with van der Waals surface area (Å²) < 4.78 is 38.9. The van der Waals surface area contributed by atoms with Gasteiger partial charge in [-0.2, -0.15) is 4.31 Å². The number of hydrogen-bond donors (Lipinski definition) is 1. The largest absolute Gasteiger partial charge is 0.382 e. The molecular weight excluding hydrogens is 452 g/mol. The van der Waals surface area contributed by atoms with Crippen LogP contribution in [0.15, 0.2) is 30.9 Å². The number of fused-ring (bicyclic) bond motifs is 3. The Morgan fingerprint density at radius 1 is 1.12 bits per heavy atom. The Kier molecular flexibility index (Phi) is 7.15. The lowest BCUT2D eigenvalue weighted by Gasteiger charge is -2.34. The van der Waals surface area contributed by atoms with Gasteiger partial charge in [-0.1, -0.05) is 0 Å². The molecule has 1 N–H and O–H groups in total. The number of piperidine rings is 1. The summed E-state index contributed by atoms with van der Waals surface area (Å²) in [6.07, 6.45) is 13.2.